The molecule has 1 amide bonds. The molecule has 0 aromatic heterocycles. The van der Waals surface area contributed by atoms with Crippen LogP contribution in [0.3, 0.4) is 0 Å². The summed E-state index contributed by atoms with van der Waals surface area (Å²) in [4.78, 5) is 18.1. The monoisotopic (exact) mass is 643 g/mol. The summed E-state index contributed by atoms with van der Waals surface area (Å²) in [6.07, 6.45) is 8.03. The van der Waals surface area contributed by atoms with Crippen LogP contribution in [0.5, 0.6) is 11.5 Å². The molecule has 0 saturated heterocycles. The highest BCUT2D eigenvalue weighted by Crippen LogP contribution is 2.48. The van der Waals surface area contributed by atoms with E-state index in [-0.39, 0.29) is 23.1 Å². The maximum Gasteiger partial charge on any atom is 0.264 e. The molecule has 44 heavy (non-hydrogen) atoms. The summed E-state index contributed by atoms with van der Waals surface area (Å²) >= 11 is 6.34. The molecule has 8 nitrogen and oxygen atoms in total. The molecule has 2 N–H and O–H groups in total. The molecular weight excluding hydrogens is 598 g/mol. The molecule has 1 spiro atoms. The summed E-state index contributed by atoms with van der Waals surface area (Å²) in [6.45, 7) is 5.64. The van der Waals surface area contributed by atoms with Gasteiger partial charge in [0.25, 0.3) is 5.91 Å². The number of rotatable bonds is 1. The van der Waals surface area contributed by atoms with E-state index in [0.717, 1.165) is 68.3 Å². The van der Waals surface area contributed by atoms with Crippen LogP contribution in [0.4, 0.5) is 5.69 Å². The highest BCUT2D eigenvalue weighted by Gasteiger charge is 2.44. The average molecular weight is 644 g/mol. The van der Waals surface area contributed by atoms with Crippen molar-refractivity contribution in [3.8, 4) is 11.5 Å². The number of ether oxygens (including phenoxy) is 1. The Morgan fingerprint density at radius 1 is 1.09 bits per heavy atom. The van der Waals surface area contributed by atoms with Gasteiger partial charge in [0.15, 0.2) is 0 Å². The van der Waals surface area contributed by atoms with Crippen LogP contribution >= 0.6 is 11.6 Å². The number of hydrogen-bond donors (Lipinski definition) is 2. The molecule has 1 saturated carbocycles. The highest BCUT2D eigenvalue weighted by molar-refractivity contribution is 7.90. The van der Waals surface area contributed by atoms with Gasteiger partial charge in [-0.2, -0.15) is 0 Å². The van der Waals surface area contributed by atoms with Gasteiger partial charge in [-0.15, -0.1) is 0 Å². The minimum atomic E-state index is -3.90. The van der Waals surface area contributed by atoms with Crippen LogP contribution in [-0.4, -0.2) is 69.4 Å². The third-order valence-electron chi connectivity index (χ3n) is 11.2. The third-order valence-corrected chi connectivity index (χ3v) is 13.4. The van der Waals surface area contributed by atoms with Crippen LogP contribution in [0.1, 0.15) is 80.3 Å². The fraction of sp³-hybridized carbons (Fsp3) is 0.618. The van der Waals surface area contributed by atoms with Gasteiger partial charge in [-0.25, -0.2) is 13.1 Å². The molecule has 2 aromatic rings. The summed E-state index contributed by atoms with van der Waals surface area (Å²) in [5.74, 6) is 1.16. The fourth-order valence-corrected chi connectivity index (χ4v) is 9.49. The van der Waals surface area contributed by atoms with E-state index in [4.69, 9.17) is 16.3 Å². The first-order valence-corrected chi connectivity index (χ1v) is 18.1. The Kier molecular flexibility index (Phi) is 8.61. The number of fused-ring (bicyclic) bond motifs is 4. The van der Waals surface area contributed by atoms with Crippen molar-refractivity contribution in [2.45, 2.75) is 81.9 Å². The van der Waals surface area contributed by atoms with Crippen molar-refractivity contribution in [3.05, 3.63) is 52.0 Å². The zero-order chi connectivity index (χ0) is 31.4. The number of phenolic OH excluding ortho intramolecular Hbond substituents is 1. The predicted octanol–water partition coefficient (Wildman–Crippen LogP) is 5.74. The molecule has 0 radical (unpaired) electrons. The summed E-state index contributed by atoms with van der Waals surface area (Å²) in [5.41, 5.74) is 2.99. The molecular formula is C34H46ClN3O5S. The lowest BCUT2D eigenvalue weighted by Crippen LogP contribution is -2.48. The summed E-state index contributed by atoms with van der Waals surface area (Å²) in [7, 11) is 0.256. The van der Waals surface area contributed by atoms with Gasteiger partial charge in [0.05, 0.1) is 22.6 Å². The molecule has 10 heteroatoms. The van der Waals surface area contributed by atoms with Crippen LogP contribution in [0, 0.1) is 17.8 Å². The highest BCUT2D eigenvalue weighted by atomic mass is 35.5. The number of nitrogens with one attached hydrogen (secondary N) is 1. The number of hydrogen-bond acceptors (Lipinski definition) is 7. The van der Waals surface area contributed by atoms with E-state index in [2.05, 4.69) is 28.6 Å². The van der Waals surface area contributed by atoms with Crippen LogP contribution in [-0.2, 0) is 21.9 Å². The zero-order valence-electron chi connectivity index (χ0n) is 26.3. The number of phenols is 1. The summed E-state index contributed by atoms with van der Waals surface area (Å²) in [5, 5.41) is 10.3. The molecule has 4 aliphatic rings. The number of benzene rings is 2. The quantitative estimate of drug-likeness (QED) is 0.409. The van der Waals surface area contributed by atoms with Crippen molar-refractivity contribution in [2.75, 3.05) is 38.7 Å². The normalized spacial score (nSPS) is 32.1. The van der Waals surface area contributed by atoms with Crippen molar-refractivity contribution < 1.29 is 23.1 Å². The Labute approximate surface area is 267 Å². The van der Waals surface area contributed by atoms with Gasteiger partial charge < -0.3 is 19.6 Å². The Morgan fingerprint density at radius 2 is 1.84 bits per heavy atom. The lowest BCUT2D eigenvalue weighted by Gasteiger charge is -2.45. The van der Waals surface area contributed by atoms with E-state index in [1.807, 2.05) is 19.1 Å². The number of sulfonamides is 1. The number of aryl methyl sites for hydroxylation is 1. The number of aromatic hydroxyl groups is 1. The topological polar surface area (TPSA) is 99.2 Å². The van der Waals surface area contributed by atoms with E-state index in [0.29, 0.717) is 41.3 Å². The number of nitrogens with zero attached hydrogens (tertiary/aromatic N) is 2. The van der Waals surface area contributed by atoms with Gasteiger partial charge in [-0.3, -0.25) is 4.79 Å². The molecule has 240 valence electrons. The van der Waals surface area contributed by atoms with Gasteiger partial charge in [-0.1, -0.05) is 18.5 Å². The van der Waals surface area contributed by atoms with Crippen molar-refractivity contribution in [1.82, 2.24) is 9.62 Å². The molecule has 2 aromatic carbocycles. The minimum absolute atomic E-state index is 0.0830. The maximum atomic E-state index is 13.5. The smallest absolute Gasteiger partial charge is 0.264 e. The van der Waals surface area contributed by atoms with Gasteiger partial charge in [0.2, 0.25) is 10.0 Å². The third kappa shape index (κ3) is 5.92. The van der Waals surface area contributed by atoms with Crippen molar-refractivity contribution in [3.63, 3.8) is 0 Å². The van der Waals surface area contributed by atoms with E-state index >= 15 is 0 Å². The van der Waals surface area contributed by atoms with Crippen molar-refractivity contribution >= 4 is 33.2 Å². The Balaban J connectivity index is 1.41. The number of halogens is 1. The second-order valence-electron chi connectivity index (χ2n) is 14.1. The number of amides is 1. The minimum Gasteiger partial charge on any atom is -0.506 e. The van der Waals surface area contributed by atoms with Crippen LogP contribution in [0.25, 0.3) is 0 Å². The van der Waals surface area contributed by atoms with Crippen LogP contribution in [0.2, 0.25) is 5.02 Å². The van der Waals surface area contributed by atoms with Gasteiger partial charge in [0, 0.05) is 30.1 Å². The second-order valence-corrected chi connectivity index (χ2v) is 16.6. The number of carbonyl (C=O) groups excluding carboxylic acids is 1. The SMILES string of the molecule is C[C@@H]1C[C@@H](N(C)C)CC[C@H]2CC[C@H]2CN2C[C@@]3(CCCc4cc(Cl)c(O)cc43)COc3ccc(cc32)C(=O)NS(=O)(=O)[C@@H]1C. The molecule has 2 heterocycles. The van der Waals surface area contributed by atoms with E-state index in [1.54, 1.807) is 25.1 Å². The van der Waals surface area contributed by atoms with E-state index in [9.17, 15) is 18.3 Å². The largest absolute Gasteiger partial charge is 0.506 e. The lowest BCUT2D eigenvalue weighted by molar-refractivity contribution is 0.0980. The number of carbonyl (C=O) groups is 1. The van der Waals surface area contributed by atoms with E-state index < -0.39 is 21.2 Å². The molecule has 6 rings (SSSR count). The lowest BCUT2D eigenvalue weighted by atomic mass is 9.68. The maximum absolute atomic E-state index is 13.5. The molecule has 6 atom stereocenters. The van der Waals surface area contributed by atoms with Gasteiger partial charge in [0.1, 0.15) is 11.5 Å². The molecule has 2 aliphatic carbocycles. The summed E-state index contributed by atoms with van der Waals surface area (Å²) < 4.78 is 35.7. The molecule has 1 fully saturated rings. The second kappa shape index (κ2) is 12.0. The first kappa shape index (κ1) is 31.5. The van der Waals surface area contributed by atoms with Crippen LogP contribution < -0.4 is 14.4 Å². The van der Waals surface area contributed by atoms with E-state index in [1.165, 1.54) is 6.42 Å². The molecule has 0 unspecified atom stereocenters. The Hall–Kier alpha value is -2.49. The molecule has 2 bridgehead atoms. The standard InChI is InChI=1S/C34H46ClN3O5S/c1-21-14-27(37(3)4)11-9-23-7-8-26(23)18-38-19-34(13-5-6-24-15-29(35)31(39)17-28(24)34)20-43-32-12-10-25(16-30(32)38)33(40)36-44(41,42)22(21)2/h10,12,15-17,21-23,26-27,39H,5-9,11,13-14,18-20H2,1-4H3,(H,36,40)/t21-,22-,23-,26+,27+,34+/m1/s1. The first-order valence-electron chi connectivity index (χ1n) is 16.1. The average Bonchev–Trinajstić information content (AvgIpc) is 3.11. The predicted molar refractivity (Wildman–Crippen MR) is 174 cm³/mol. The van der Waals surface area contributed by atoms with Crippen LogP contribution in [0.15, 0.2) is 30.3 Å². The Bertz CT molecular complexity index is 1530. The summed E-state index contributed by atoms with van der Waals surface area (Å²) in [6, 6.07) is 9.25. The molecule has 2 aliphatic heterocycles. The Morgan fingerprint density at radius 3 is 2.57 bits per heavy atom. The fourth-order valence-electron chi connectivity index (χ4n) is 8.01. The first-order chi connectivity index (χ1) is 20.9. The van der Waals surface area contributed by atoms with Gasteiger partial charge in [-0.05, 0) is 132 Å². The zero-order valence-corrected chi connectivity index (χ0v) is 27.9. The van der Waals surface area contributed by atoms with Gasteiger partial charge >= 0.3 is 0 Å². The van der Waals surface area contributed by atoms with Crippen molar-refractivity contribution in [1.29, 1.82) is 0 Å². The van der Waals surface area contributed by atoms with Crippen molar-refractivity contribution in [2.24, 2.45) is 17.8 Å². The number of anilines is 1.